The minimum atomic E-state index is -4.46. The number of carbonyl (C=O) groups is 2. The molecular weight excluding hydrogens is 427 g/mol. The van der Waals surface area contributed by atoms with E-state index < -0.39 is 17.6 Å². The molecule has 0 radical (unpaired) electrons. The van der Waals surface area contributed by atoms with Gasteiger partial charge in [0.25, 0.3) is 5.91 Å². The lowest BCUT2D eigenvalue weighted by atomic mass is 10.1. The zero-order chi connectivity index (χ0) is 21.0. The molecule has 1 N–H and O–H groups in total. The highest BCUT2D eigenvalue weighted by molar-refractivity contribution is 7.99. The third kappa shape index (κ3) is 5.63. The van der Waals surface area contributed by atoms with Crippen LogP contribution in [0.2, 0.25) is 5.02 Å². The molecule has 0 bridgehead atoms. The number of aromatic nitrogens is 1. The molecule has 1 saturated heterocycles. The van der Waals surface area contributed by atoms with Crippen molar-refractivity contribution in [2.45, 2.75) is 24.0 Å². The second-order valence-corrected chi connectivity index (χ2v) is 7.84. The van der Waals surface area contributed by atoms with E-state index >= 15 is 0 Å². The minimum Gasteiger partial charge on any atom is -0.339 e. The van der Waals surface area contributed by atoms with Crippen LogP contribution in [-0.4, -0.2) is 40.5 Å². The molecule has 2 amide bonds. The predicted octanol–water partition coefficient (Wildman–Crippen LogP) is 4.72. The Balaban J connectivity index is 1.64. The summed E-state index contributed by atoms with van der Waals surface area (Å²) in [5, 5.41) is 3.35. The zero-order valence-electron chi connectivity index (χ0n) is 15.1. The molecule has 0 saturated carbocycles. The smallest absolute Gasteiger partial charge is 0.339 e. The molecule has 0 atom stereocenters. The summed E-state index contributed by atoms with van der Waals surface area (Å²) in [4.78, 5) is 30.4. The topological polar surface area (TPSA) is 62.3 Å². The molecule has 0 aliphatic carbocycles. The average Bonchev–Trinajstić information content (AvgIpc) is 3.21. The highest BCUT2D eigenvalue weighted by Crippen LogP contribution is 2.30. The maximum absolute atomic E-state index is 12.7. The van der Waals surface area contributed by atoms with E-state index in [0.717, 1.165) is 36.9 Å². The molecule has 1 aliphatic heterocycles. The fraction of sp³-hybridized carbons (Fsp3) is 0.316. The van der Waals surface area contributed by atoms with Crippen molar-refractivity contribution in [2.75, 3.05) is 24.2 Å². The number of halogens is 4. The van der Waals surface area contributed by atoms with Gasteiger partial charge in [-0.25, -0.2) is 4.98 Å². The Kier molecular flexibility index (Phi) is 6.69. The summed E-state index contributed by atoms with van der Waals surface area (Å²) in [5.41, 5.74) is -0.194. The first-order valence-electron chi connectivity index (χ1n) is 8.79. The average molecular weight is 444 g/mol. The van der Waals surface area contributed by atoms with Crippen LogP contribution in [0.25, 0.3) is 0 Å². The second kappa shape index (κ2) is 9.04. The van der Waals surface area contributed by atoms with Crippen LogP contribution in [0, 0.1) is 0 Å². The largest absolute Gasteiger partial charge is 0.417 e. The molecule has 5 nitrogen and oxygen atoms in total. The second-order valence-electron chi connectivity index (χ2n) is 6.41. The maximum atomic E-state index is 12.7. The number of amides is 2. The number of carbonyl (C=O) groups excluding carboxylic acids is 2. The minimum absolute atomic E-state index is 0.0711. The molecule has 2 aromatic rings. The van der Waals surface area contributed by atoms with Crippen LogP contribution in [-0.2, 0) is 11.0 Å². The van der Waals surface area contributed by atoms with Crippen LogP contribution in [0.15, 0.2) is 41.6 Å². The van der Waals surface area contributed by atoms with Crippen LogP contribution < -0.4 is 5.32 Å². The molecule has 2 heterocycles. The number of alkyl halides is 3. The summed E-state index contributed by atoms with van der Waals surface area (Å²) in [7, 11) is 0. The van der Waals surface area contributed by atoms with Crippen LogP contribution in [0.5, 0.6) is 0 Å². The number of nitrogens with one attached hydrogen (secondary N) is 1. The first-order chi connectivity index (χ1) is 13.7. The summed E-state index contributed by atoms with van der Waals surface area (Å²) in [5.74, 6) is -0.676. The van der Waals surface area contributed by atoms with Crippen molar-refractivity contribution in [1.29, 1.82) is 0 Å². The SMILES string of the molecule is O=C(CSc1ccc(C(F)(F)F)cn1)Nc1ccc(Cl)cc1C(=O)N1CCCC1. The standard InChI is InChI=1S/C19H17ClF3N3O2S/c20-13-4-5-15(14(9-13)18(28)26-7-1-2-8-26)25-16(27)11-29-17-6-3-12(10-24-17)19(21,22)23/h3-6,9-10H,1-2,7-8,11H2,(H,25,27). The normalized spacial score (nSPS) is 14.1. The van der Waals surface area contributed by atoms with Gasteiger partial charge in [0.2, 0.25) is 5.91 Å². The van der Waals surface area contributed by atoms with Crippen LogP contribution >= 0.6 is 23.4 Å². The molecule has 10 heteroatoms. The van der Waals surface area contributed by atoms with E-state index in [9.17, 15) is 22.8 Å². The van der Waals surface area contributed by atoms with Crippen molar-refractivity contribution in [3.63, 3.8) is 0 Å². The Bertz CT molecular complexity index is 901. The number of pyridine rings is 1. The highest BCUT2D eigenvalue weighted by Gasteiger charge is 2.30. The molecule has 1 fully saturated rings. The lowest BCUT2D eigenvalue weighted by Crippen LogP contribution is -2.29. The summed E-state index contributed by atoms with van der Waals surface area (Å²) in [6, 6.07) is 6.78. The predicted molar refractivity (Wildman–Crippen MR) is 105 cm³/mol. The van der Waals surface area contributed by atoms with E-state index in [0.29, 0.717) is 29.4 Å². The third-order valence-corrected chi connectivity index (χ3v) is 5.47. The number of likely N-dealkylation sites (tertiary alicyclic amines) is 1. The van der Waals surface area contributed by atoms with Gasteiger partial charge >= 0.3 is 6.18 Å². The van der Waals surface area contributed by atoms with Crippen molar-refractivity contribution in [3.05, 3.63) is 52.7 Å². The van der Waals surface area contributed by atoms with Gasteiger partial charge in [0, 0.05) is 24.3 Å². The molecule has 1 aromatic heterocycles. The van der Waals surface area contributed by atoms with E-state index in [4.69, 9.17) is 11.6 Å². The summed E-state index contributed by atoms with van der Waals surface area (Å²) in [6.07, 6.45) is -1.86. The van der Waals surface area contributed by atoms with Gasteiger partial charge in [-0.1, -0.05) is 23.4 Å². The fourth-order valence-corrected chi connectivity index (χ4v) is 3.67. The van der Waals surface area contributed by atoms with Crippen LogP contribution in [0.3, 0.4) is 0 Å². The summed E-state index contributed by atoms with van der Waals surface area (Å²) < 4.78 is 37.7. The first kappa shape index (κ1) is 21.4. The number of nitrogens with zero attached hydrogens (tertiary/aromatic N) is 2. The first-order valence-corrected chi connectivity index (χ1v) is 10.1. The molecule has 1 aromatic carbocycles. The van der Waals surface area contributed by atoms with Gasteiger partial charge < -0.3 is 10.2 Å². The van der Waals surface area contributed by atoms with Gasteiger partial charge in [-0.15, -0.1) is 0 Å². The van der Waals surface area contributed by atoms with Crippen molar-refractivity contribution in [2.24, 2.45) is 0 Å². The van der Waals surface area contributed by atoms with Crippen molar-refractivity contribution >= 4 is 40.9 Å². The molecule has 0 unspecified atom stereocenters. The monoisotopic (exact) mass is 443 g/mol. The maximum Gasteiger partial charge on any atom is 0.417 e. The third-order valence-electron chi connectivity index (χ3n) is 4.29. The summed E-state index contributed by atoms with van der Waals surface area (Å²) in [6.45, 7) is 1.32. The van der Waals surface area contributed by atoms with Gasteiger partial charge in [0.1, 0.15) is 0 Å². The Morgan fingerprint density at radius 1 is 1.17 bits per heavy atom. The Morgan fingerprint density at radius 2 is 1.90 bits per heavy atom. The molecular formula is C19H17ClF3N3O2S. The van der Waals surface area contributed by atoms with Crippen LogP contribution in [0.1, 0.15) is 28.8 Å². The van der Waals surface area contributed by atoms with E-state index in [1.54, 1.807) is 17.0 Å². The van der Waals surface area contributed by atoms with E-state index in [1.165, 1.54) is 12.1 Å². The Morgan fingerprint density at radius 3 is 2.52 bits per heavy atom. The van der Waals surface area contributed by atoms with Gasteiger partial charge in [-0.05, 0) is 43.2 Å². The van der Waals surface area contributed by atoms with Crippen molar-refractivity contribution < 1.29 is 22.8 Å². The molecule has 3 rings (SSSR count). The fourth-order valence-electron chi connectivity index (χ4n) is 2.85. The Hall–Kier alpha value is -2.26. The van der Waals surface area contributed by atoms with Crippen molar-refractivity contribution in [1.82, 2.24) is 9.88 Å². The number of rotatable bonds is 5. The number of hydrogen-bond donors (Lipinski definition) is 1. The van der Waals surface area contributed by atoms with Gasteiger partial charge in [0.15, 0.2) is 0 Å². The van der Waals surface area contributed by atoms with Crippen LogP contribution in [0.4, 0.5) is 18.9 Å². The number of hydrogen-bond acceptors (Lipinski definition) is 4. The van der Waals surface area contributed by atoms with E-state index in [-0.39, 0.29) is 16.7 Å². The molecule has 0 spiro atoms. The highest BCUT2D eigenvalue weighted by atomic mass is 35.5. The lowest BCUT2D eigenvalue weighted by molar-refractivity contribution is -0.137. The number of anilines is 1. The van der Waals surface area contributed by atoms with E-state index in [2.05, 4.69) is 10.3 Å². The lowest BCUT2D eigenvalue weighted by Gasteiger charge is -2.18. The zero-order valence-corrected chi connectivity index (χ0v) is 16.7. The number of benzene rings is 1. The van der Waals surface area contributed by atoms with Crippen molar-refractivity contribution in [3.8, 4) is 0 Å². The molecule has 1 aliphatic rings. The Labute approximate surface area is 174 Å². The quantitative estimate of drug-likeness (QED) is 0.679. The summed E-state index contributed by atoms with van der Waals surface area (Å²) >= 11 is 7.01. The van der Waals surface area contributed by atoms with Gasteiger partial charge in [0.05, 0.1) is 27.6 Å². The number of thioether (sulfide) groups is 1. The van der Waals surface area contributed by atoms with Gasteiger partial charge in [-0.3, -0.25) is 9.59 Å². The van der Waals surface area contributed by atoms with E-state index in [1.807, 2.05) is 0 Å². The molecule has 154 valence electrons. The molecule has 29 heavy (non-hydrogen) atoms. The van der Waals surface area contributed by atoms with Gasteiger partial charge in [-0.2, -0.15) is 13.2 Å².